The van der Waals surface area contributed by atoms with Crippen molar-refractivity contribution in [3.05, 3.63) is 71.9 Å². The van der Waals surface area contributed by atoms with Gasteiger partial charge >= 0.3 is 0 Å². The number of sulfonamides is 1. The quantitative estimate of drug-likeness (QED) is 0.738. The minimum absolute atomic E-state index is 0.286. The zero-order valence-corrected chi connectivity index (χ0v) is 13.9. The Kier molecular flexibility index (Phi) is 4.15. The molecule has 0 aliphatic rings. The van der Waals surface area contributed by atoms with E-state index in [1.165, 1.54) is 4.31 Å². The molecule has 0 radical (unpaired) electrons. The molecule has 0 aliphatic carbocycles. The molecule has 23 heavy (non-hydrogen) atoms. The molecule has 3 aromatic rings. The van der Waals surface area contributed by atoms with Crippen LogP contribution in [-0.2, 0) is 16.6 Å². The van der Waals surface area contributed by atoms with Gasteiger partial charge in [0.05, 0.1) is 10.4 Å². The first-order valence-electron chi connectivity index (χ1n) is 7.33. The molecule has 0 saturated heterocycles. The Balaban J connectivity index is 1.87. The highest BCUT2D eigenvalue weighted by Gasteiger charge is 2.20. The minimum Gasteiger partial charge on any atom is -0.256 e. The highest BCUT2D eigenvalue weighted by Crippen LogP contribution is 2.19. The third kappa shape index (κ3) is 3.25. The molecule has 0 saturated carbocycles. The van der Waals surface area contributed by atoms with E-state index >= 15 is 0 Å². The van der Waals surface area contributed by atoms with E-state index in [4.69, 9.17) is 0 Å². The maximum absolute atomic E-state index is 12.6. The molecule has 0 amide bonds. The van der Waals surface area contributed by atoms with E-state index in [1.807, 2.05) is 37.3 Å². The van der Waals surface area contributed by atoms with E-state index in [2.05, 4.69) is 4.98 Å². The summed E-state index contributed by atoms with van der Waals surface area (Å²) in [5.41, 5.74) is 2.80. The average Bonchev–Trinajstić information content (AvgIpc) is 2.55. The molecule has 4 nitrogen and oxygen atoms in total. The van der Waals surface area contributed by atoms with Crippen LogP contribution in [0.2, 0.25) is 0 Å². The number of hydrogen-bond donors (Lipinski definition) is 0. The molecule has 0 atom stereocenters. The molecular formula is C18H18N2O2S. The number of nitrogens with zero attached hydrogens (tertiary/aromatic N) is 2. The summed E-state index contributed by atoms with van der Waals surface area (Å²) in [6, 6.07) is 16.6. The second kappa shape index (κ2) is 6.10. The van der Waals surface area contributed by atoms with Crippen molar-refractivity contribution in [2.75, 3.05) is 7.05 Å². The lowest BCUT2D eigenvalue weighted by Gasteiger charge is -2.17. The number of pyridine rings is 1. The SMILES string of the molecule is Cc1ccc(S(=O)(=O)N(C)Cc2cnc3ccccc3c2)cc1. The zero-order valence-electron chi connectivity index (χ0n) is 13.1. The van der Waals surface area contributed by atoms with E-state index in [0.717, 1.165) is 22.0 Å². The van der Waals surface area contributed by atoms with Crippen molar-refractivity contribution in [1.29, 1.82) is 0 Å². The molecule has 0 spiro atoms. The van der Waals surface area contributed by atoms with Crippen molar-refractivity contribution in [3.63, 3.8) is 0 Å². The van der Waals surface area contributed by atoms with Gasteiger partial charge in [0, 0.05) is 25.2 Å². The zero-order chi connectivity index (χ0) is 16.4. The fourth-order valence-electron chi connectivity index (χ4n) is 2.44. The predicted molar refractivity (Wildman–Crippen MR) is 91.6 cm³/mol. The van der Waals surface area contributed by atoms with Gasteiger partial charge in [-0.15, -0.1) is 0 Å². The first-order chi connectivity index (χ1) is 11.0. The lowest BCUT2D eigenvalue weighted by molar-refractivity contribution is 0.466. The standard InChI is InChI=1S/C18H18N2O2S/c1-14-7-9-17(10-8-14)23(21,22)20(2)13-15-11-16-5-3-4-6-18(16)19-12-15/h3-12H,13H2,1-2H3. The van der Waals surface area contributed by atoms with Crippen LogP contribution >= 0.6 is 0 Å². The first-order valence-corrected chi connectivity index (χ1v) is 8.77. The second-order valence-electron chi connectivity index (χ2n) is 5.61. The Labute approximate surface area is 136 Å². The molecule has 0 unspecified atom stereocenters. The summed E-state index contributed by atoms with van der Waals surface area (Å²) in [6.07, 6.45) is 1.73. The van der Waals surface area contributed by atoms with Crippen molar-refractivity contribution >= 4 is 20.9 Å². The number of rotatable bonds is 4. The summed E-state index contributed by atoms with van der Waals surface area (Å²) in [5.74, 6) is 0. The van der Waals surface area contributed by atoms with Gasteiger partial charge in [-0.3, -0.25) is 4.98 Å². The van der Waals surface area contributed by atoms with Gasteiger partial charge < -0.3 is 0 Å². The van der Waals surface area contributed by atoms with Gasteiger partial charge in [0.15, 0.2) is 0 Å². The number of aromatic nitrogens is 1. The summed E-state index contributed by atoms with van der Waals surface area (Å²) >= 11 is 0. The summed E-state index contributed by atoms with van der Waals surface area (Å²) in [6.45, 7) is 2.22. The highest BCUT2D eigenvalue weighted by molar-refractivity contribution is 7.89. The third-order valence-electron chi connectivity index (χ3n) is 3.78. The Bertz CT molecular complexity index is 935. The molecule has 0 fully saturated rings. The van der Waals surface area contributed by atoms with Crippen LogP contribution in [0.25, 0.3) is 10.9 Å². The fourth-order valence-corrected chi connectivity index (χ4v) is 3.59. The number of para-hydroxylation sites is 1. The van der Waals surface area contributed by atoms with Crippen molar-refractivity contribution in [1.82, 2.24) is 9.29 Å². The maximum Gasteiger partial charge on any atom is 0.243 e. The molecule has 0 N–H and O–H groups in total. The van der Waals surface area contributed by atoms with Gasteiger partial charge in [-0.25, -0.2) is 8.42 Å². The van der Waals surface area contributed by atoms with Gasteiger partial charge in [-0.1, -0.05) is 35.9 Å². The van der Waals surface area contributed by atoms with E-state index in [9.17, 15) is 8.42 Å². The molecule has 0 bridgehead atoms. The summed E-state index contributed by atoms with van der Waals surface area (Å²) < 4.78 is 26.6. The molecular weight excluding hydrogens is 308 g/mol. The molecule has 118 valence electrons. The van der Waals surface area contributed by atoms with Crippen LogP contribution < -0.4 is 0 Å². The van der Waals surface area contributed by atoms with Crippen molar-refractivity contribution < 1.29 is 8.42 Å². The van der Waals surface area contributed by atoms with Crippen molar-refractivity contribution in [2.24, 2.45) is 0 Å². The molecule has 1 aromatic heterocycles. The minimum atomic E-state index is -3.50. The van der Waals surface area contributed by atoms with Gasteiger partial charge in [0.25, 0.3) is 0 Å². The van der Waals surface area contributed by atoms with Crippen LogP contribution in [0.3, 0.4) is 0 Å². The molecule has 1 heterocycles. The number of fused-ring (bicyclic) bond motifs is 1. The predicted octanol–water partition coefficient (Wildman–Crippen LogP) is 3.36. The van der Waals surface area contributed by atoms with Gasteiger partial charge in [0.1, 0.15) is 0 Å². The van der Waals surface area contributed by atoms with Crippen LogP contribution in [0.4, 0.5) is 0 Å². The highest BCUT2D eigenvalue weighted by atomic mass is 32.2. The maximum atomic E-state index is 12.6. The van der Waals surface area contributed by atoms with E-state index in [0.29, 0.717) is 4.90 Å². The van der Waals surface area contributed by atoms with Gasteiger partial charge in [0.2, 0.25) is 10.0 Å². The van der Waals surface area contributed by atoms with Crippen LogP contribution in [-0.4, -0.2) is 24.8 Å². The first kappa shape index (κ1) is 15.6. The Morgan fingerprint density at radius 1 is 1.04 bits per heavy atom. The average molecular weight is 326 g/mol. The largest absolute Gasteiger partial charge is 0.256 e. The van der Waals surface area contributed by atoms with Crippen molar-refractivity contribution in [2.45, 2.75) is 18.4 Å². The molecule has 0 aliphatic heterocycles. The Morgan fingerprint density at radius 2 is 1.74 bits per heavy atom. The normalized spacial score (nSPS) is 12.0. The van der Waals surface area contributed by atoms with Crippen LogP contribution in [0.5, 0.6) is 0 Å². The molecule has 3 rings (SSSR count). The number of benzene rings is 2. The molecule has 2 aromatic carbocycles. The van der Waals surface area contributed by atoms with E-state index in [-0.39, 0.29) is 6.54 Å². The van der Waals surface area contributed by atoms with Crippen LogP contribution in [0.15, 0.2) is 65.7 Å². The van der Waals surface area contributed by atoms with E-state index in [1.54, 1.807) is 37.5 Å². The summed E-state index contributed by atoms with van der Waals surface area (Å²) in [7, 11) is -1.91. The second-order valence-corrected chi connectivity index (χ2v) is 7.66. The number of hydrogen-bond acceptors (Lipinski definition) is 3. The monoisotopic (exact) mass is 326 g/mol. The third-order valence-corrected chi connectivity index (χ3v) is 5.60. The van der Waals surface area contributed by atoms with Gasteiger partial charge in [-0.05, 0) is 36.8 Å². The summed E-state index contributed by atoms with van der Waals surface area (Å²) in [5, 5.41) is 1.01. The number of aryl methyl sites for hydroxylation is 1. The fraction of sp³-hybridized carbons (Fsp3) is 0.167. The van der Waals surface area contributed by atoms with Crippen LogP contribution in [0, 0.1) is 6.92 Å². The van der Waals surface area contributed by atoms with E-state index < -0.39 is 10.0 Å². The lowest BCUT2D eigenvalue weighted by atomic mass is 10.1. The topological polar surface area (TPSA) is 50.3 Å². The lowest BCUT2D eigenvalue weighted by Crippen LogP contribution is -2.26. The smallest absolute Gasteiger partial charge is 0.243 e. The van der Waals surface area contributed by atoms with Crippen LogP contribution in [0.1, 0.15) is 11.1 Å². The Morgan fingerprint density at radius 3 is 2.48 bits per heavy atom. The van der Waals surface area contributed by atoms with Gasteiger partial charge in [-0.2, -0.15) is 4.31 Å². The van der Waals surface area contributed by atoms with Crippen molar-refractivity contribution in [3.8, 4) is 0 Å². The summed E-state index contributed by atoms with van der Waals surface area (Å²) in [4.78, 5) is 4.68. The Hall–Kier alpha value is -2.24. The molecule has 5 heteroatoms.